The van der Waals surface area contributed by atoms with Crippen LogP contribution in [0.1, 0.15) is 27.2 Å². The summed E-state index contributed by atoms with van der Waals surface area (Å²) in [5.41, 5.74) is 5.37. The van der Waals surface area contributed by atoms with E-state index in [-0.39, 0.29) is 12.4 Å². The molecule has 8 heteroatoms. The number of carbonyl (C=O) groups excluding carboxylic acids is 1. The zero-order chi connectivity index (χ0) is 14.6. The van der Waals surface area contributed by atoms with Gasteiger partial charge in [0.1, 0.15) is 0 Å². The molecule has 0 bridgehead atoms. The first-order chi connectivity index (χ1) is 8.06. The fourth-order valence-corrected chi connectivity index (χ4v) is 1.49. The van der Waals surface area contributed by atoms with Crippen molar-refractivity contribution in [3.8, 4) is 0 Å². The molecule has 0 radical (unpaired) electrons. The molecule has 0 rings (SSSR count). The normalized spacial score (nSPS) is 15.2. The van der Waals surface area contributed by atoms with Crippen molar-refractivity contribution in [3.63, 3.8) is 0 Å². The standard InChI is InChI=1S/C10H21N3O4S/c1-5-7(8(11)13-15)9(14)12-6-10(2,3)18(4,16)17/h7,15H,5-6H2,1-4H3,(H2,11,13)(H,12,14). The van der Waals surface area contributed by atoms with Crippen molar-refractivity contribution < 1.29 is 18.4 Å². The van der Waals surface area contributed by atoms with Crippen LogP contribution in [0.2, 0.25) is 0 Å². The van der Waals surface area contributed by atoms with Crippen LogP contribution in [0.4, 0.5) is 0 Å². The van der Waals surface area contributed by atoms with E-state index in [4.69, 9.17) is 10.9 Å². The highest BCUT2D eigenvalue weighted by atomic mass is 32.2. The molecule has 0 aliphatic heterocycles. The molecule has 7 nitrogen and oxygen atoms in total. The lowest BCUT2D eigenvalue weighted by Crippen LogP contribution is -2.47. The highest BCUT2D eigenvalue weighted by Crippen LogP contribution is 2.14. The lowest BCUT2D eigenvalue weighted by Gasteiger charge is -2.24. The highest BCUT2D eigenvalue weighted by molar-refractivity contribution is 7.92. The van der Waals surface area contributed by atoms with Crippen LogP contribution in [0.3, 0.4) is 0 Å². The minimum Gasteiger partial charge on any atom is -0.409 e. The molecular weight excluding hydrogens is 258 g/mol. The molecule has 4 N–H and O–H groups in total. The molecule has 1 atom stereocenters. The number of rotatable bonds is 6. The molecule has 0 aromatic heterocycles. The van der Waals surface area contributed by atoms with Gasteiger partial charge in [-0.05, 0) is 20.3 Å². The van der Waals surface area contributed by atoms with Crippen LogP contribution in [0.5, 0.6) is 0 Å². The van der Waals surface area contributed by atoms with Gasteiger partial charge in [0.25, 0.3) is 0 Å². The number of carbonyl (C=O) groups is 1. The van der Waals surface area contributed by atoms with Crippen molar-refractivity contribution >= 4 is 21.6 Å². The zero-order valence-corrected chi connectivity index (χ0v) is 11.9. The van der Waals surface area contributed by atoms with Crippen molar-refractivity contribution in [1.82, 2.24) is 5.32 Å². The molecule has 0 aliphatic carbocycles. The number of nitrogens with two attached hydrogens (primary N) is 1. The lowest BCUT2D eigenvalue weighted by atomic mass is 10.0. The maximum Gasteiger partial charge on any atom is 0.230 e. The van der Waals surface area contributed by atoms with E-state index in [1.807, 2.05) is 0 Å². The van der Waals surface area contributed by atoms with Gasteiger partial charge < -0.3 is 16.3 Å². The lowest BCUT2D eigenvalue weighted by molar-refractivity contribution is -0.123. The van der Waals surface area contributed by atoms with E-state index in [0.717, 1.165) is 6.26 Å². The summed E-state index contributed by atoms with van der Waals surface area (Å²) >= 11 is 0. The fourth-order valence-electron chi connectivity index (χ4n) is 1.15. The Kier molecular flexibility index (Phi) is 5.59. The van der Waals surface area contributed by atoms with E-state index >= 15 is 0 Å². The van der Waals surface area contributed by atoms with Gasteiger partial charge in [-0.3, -0.25) is 4.79 Å². The quantitative estimate of drug-likeness (QED) is 0.267. The summed E-state index contributed by atoms with van der Waals surface area (Å²) in [7, 11) is -3.28. The molecule has 0 saturated carbocycles. The van der Waals surface area contributed by atoms with Gasteiger partial charge in [0.15, 0.2) is 15.7 Å². The van der Waals surface area contributed by atoms with Crippen LogP contribution >= 0.6 is 0 Å². The van der Waals surface area contributed by atoms with Gasteiger partial charge in [-0.15, -0.1) is 0 Å². The summed E-state index contributed by atoms with van der Waals surface area (Å²) in [6, 6.07) is 0. The largest absolute Gasteiger partial charge is 0.409 e. The van der Waals surface area contributed by atoms with E-state index in [1.165, 1.54) is 13.8 Å². The first-order valence-electron chi connectivity index (χ1n) is 5.51. The summed E-state index contributed by atoms with van der Waals surface area (Å²) in [5.74, 6) is -1.40. The zero-order valence-electron chi connectivity index (χ0n) is 11.1. The number of nitrogens with one attached hydrogen (secondary N) is 1. The van der Waals surface area contributed by atoms with Crippen molar-refractivity contribution in [2.75, 3.05) is 12.8 Å². The number of hydrogen-bond acceptors (Lipinski definition) is 5. The Balaban J connectivity index is 4.70. The molecule has 0 aromatic rings. The number of nitrogens with zero attached hydrogens (tertiary/aromatic N) is 1. The molecule has 0 spiro atoms. The molecule has 1 unspecified atom stereocenters. The molecule has 1 amide bonds. The van der Waals surface area contributed by atoms with Gasteiger partial charge in [-0.25, -0.2) is 8.42 Å². The summed E-state index contributed by atoms with van der Waals surface area (Å²) in [6.07, 6.45) is 1.47. The molecule has 18 heavy (non-hydrogen) atoms. The first-order valence-corrected chi connectivity index (χ1v) is 7.40. The van der Waals surface area contributed by atoms with Gasteiger partial charge in [0.05, 0.1) is 10.7 Å². The predicted octanol–water partition coefficient (Wildman–Crippen LogP) is -0.302. The van der Waals surface area contributed by atoms with E-state index in [1.54, 1.807) is 6.92 Å². The second kappa shape index (κ2) is 6.03. The maximum absolute atomic E-state index is 11.8. The molecular formula is C10H21N3O4S. The van der Waals surface area contributed by atoms with Gasteiger partial charge in [-0.2, -0.15) is 0 Å². The van der Waals surface area contributed by atoms with Crippen molar-refractivity contribution in [3.05, 3.63) is 0 Å². The third kappa shape index (κ3) is 4.17. The van der Waals surface area contributed by atoms with E-state index in [0.29, 0.717) is 6.42 Å². The molecule has 0 aromatic carbocycles. The maximum atomic E-state index is 11.8. The minimum atomic E-state index is -3.28. The van der Waals surface area contributed by atoms with Crippen LogP contribution in [0.25, 0.3) is 0 Å². The van der Waals surface area contributed by atoms with E-state index in [2.05, 4.69) is 10.5 Å². The SMILES string of the molecule is CCC(C(=O)NCC(C)(C)S(C)(=O)=O)C(N)=NO. The second-order valence-electron chi connectivity index (χ2n) is 4.74. The third-order valence-corrected chi connectivity index (χ3v) is 5.04. The van der Waals surface area contributed by atoms with Crippen molar-refractivity contribution in [2.24, 2.45) is 16.8 Å². The number of amides is 1. The van der Waals surface area contributed by atoms with Crippen molar-refractivity contribution in [2.45, 2.75) is 31.9 Å². The van der Waals surface area contributed by atoms with Gasteiger partial charge in [-0.1, -0.05) is 12.1 Å². The third-order valence-electron chi connectivity index (χ3n) is 2.89. The predicted molar refractivity (Wildman–Crippen MR) is 69.1 cm³/mol. The number of amidine groups is 1. The van der Waals surface area contributed by atoms with Crippen LogP contribution < -0.4 is 11.1 Å². The fraction of sp³-hybridized carbons (Fsp3) is 0.800. The molecule has 106 valence electrons. The Morgan fingerprint density at radius 1 is 1.50 bits per heavy atom. The van der Waals surface area contributed by atoms with Crippen LogP contribution in [-0.4, -0.2) is 42.9 Å². The van der Waals surface area contributed by atoms with Crippen LogP contribution in [0.15, 0.2) is 5.16 Å². The summed E-state index contributed by atoms with van der Waals surface area (Å²) < 4.78 is 21.8. The molecule has 0 fully saturated rings. The minimum absolute atomic E-state index is 0.0279. The molecule has 0 saturated heterocycles. The van der Waals surface area contributed by atoms with Crippen molar-refractivity contribution in [1.29, 1.82) is 0 Å². The Morgan fingerprint density at radius 2 is 2.00 bits per heavy atom. The molecule has 0 heterocycles. The number of sulfone groups is 1. The Morgan fingerprint density at radius 3 is 2.33 bits per heavy atom. The van der Waals surface area contributed by atoms with Gasteiger partial charge in [0.2, 0.25) is 5.91 Å². The van der Waals surface area contributed by atoms with Gasteiger partial charge in [0, 0.05) is 12.8 Å². The Hall–Kier alpha value is -1.31. The van der Waals surface area contributed by atoms with Crippen LogP contribution in [0, 0.1) is 5.92 Å². The average Bonchev–Trinajstić information content (AvgIpc) is 2.25. The smallest absolute Gasteiger partial charge is 0.230 e. The monoisotopic (exact) mass is 279 g/mol. The van der Waals surface area contributed by atoms with E-state index < -0.39 is 26.4 Å². The Labute approximate surface area is 107 Å². The Bertz CT molecular complexity index is 428. The average molecular weight is 279 g/mol. The highest BCUT2D eigenvalue weighted by Gasteiger charge is 2.31. The second-order valence-corrected chi connectivity index (χ2v) is 7.38. The summed E-state index contributed by atoms with van der Waals surface area (Å²) in [4.78, 5) is 11.8. The summed E-state index contributed by atoms with van der Waals surface area (Å²) in [6.45, 7) is 4.73. The van der Waals surface area contributed by atoms with E-state index in [9.17, 15) is 13.2 Å². The summed E-state index contributed by atoms with van der Waals surface area (Å²) in [5, 5.41) is 13.8. The number of hydrogen-bond donors (Lipinski definition) is 3. The molecule has 0 aliphatic rings. The topological polar surface area (TPSA) is 122 Å². The van der Waals surface area contributed by atoms with Crippen LogP contribution in [-0.2, 0) is 14.6 Å². The number of oxime groups is 1. The first kappa shape index (κ1) is 16.7. The van der Waals surface area contributed by atoms with Gasteiger partial charge >= 0.3 is 0 Å².